The van der Waals surface area contributed by atoms with Gasteiger partial charge in [0.05, 0.1) is 0 Å². The normalized spacial score (nSPS) is 22.8. The van der Waals surface area contributed by atoms with Gasteiger partial charge < -0.3 is 19.5 Å². The maximum atomic E-state index is 11.3. The van der Waals surface area contributed by atoms with Crippen LogP contribution in [-0.2, 0) is 9.47 Å². The van der Waals surface area contributed by atoms with Crippen LogP contribution >= 0.6 is 15.9 Å². The van der Waals surface area contributed by atoms with Crippen LogP contribution in [0.1, 0.15) is 10.4 Å². The summed E-state index contributed by atoms with van der Waals surface area (Å²) in [4.78, 5) is 17.4. The number of ether oxygens (including phenoxy) is 2. The number of nitrogens with zero attached hydrogens (tertiary/aromatic N) is 2. The largest absolute Gasteiger partial charge is 0.478 e. The third kappa shape index (κ3) is 2.88. The molecule has 1 aliphatic heterocycles. The molecule has 19 heavy (non-hydrogen) atoms. The summed E-state index contributed by atoms with van der Waals surface area (Å²) in [5, 5.41) is 9.25. The van der Waals surface area contributed by atoms with E-state index in [0.29, 0.717) is 23.4 Å². The Morgan fingerprint density at radius 1 is 1.42 bits per heavy atom. The van der Waals surface area contributed by atoms with Crippen LogP contribution < -0.4 is 4.90 Å². The fraction of sp³-hybridized carbons (Fsp3) is 0.500. The lowest BCUT2D eigenvalue weighted by molar-refractivity contribution is -0.00461. The first-order chi connectivity index (χ1) is 9.06. The summed E-state index contributed by atoms with van der Waals surface area (Å²) >= 11 is 3.23. The summed E-state index contributed by atoms with van der Waals surface area (Å²) in [6.07, 6.45) is 1.41. The zero-order chi connectivity index (χ0) is 14.0. The molecule has 0 aliphatic carbocycles. The van der Waals surface area contributed by atoms with Gasteiger partial charge in [0.25, 0.3) is 0 Å². The van der Waals surface area contributed by atoms with E-state index in [4.69, 9.17) is 9.47 Å². The molecule has 7 heteroatoms. The van der Waals surface area contributed by atoms with E-state index in [0.717, 1.165) is 0 Å². The highest BCUT2D eigenvalue weighted by molar-refractivity contribution is 9.10. The van der Waals surface area contributed by atoms with Crippen LogP contribution in [0, 0.1) is 0 Å². The average Bonchev–Trinajstić information content (AvgIpc) is 2.81. The van der Waals surface area contributed by atoms with Crippen molar-refractivity contribution in [3.8, 4) is 0 Å². The molecule has 0 amide bonds. The van der Waals surface area contributed by atoms with E-state index in [9.17, 15) is 9.90 Å². The standard InChI is InChI=1S/C12H15BrN2O4/c1-18-9-5-15(6-10(9)19-2)11-8(12(16)17)3-7(13)4-14-11/h3-4,9-10H,5-6H2,1-2H3,(H,16,17). The Morgan fingerprint density at radius 3 is 2.47 bits per heavy atom. The van der Waals surface area contributed by atoms with Crippen LogP contribution in [0.15, 0.2) is 16.7 Å². The Hall–Kier alpha value is -1.18. The molecule has 0 bridgehead atoms. The number of carbonyl (C=O) groups is 1. The van der Waals surface area contributed by atoms with Gasteiger partial charge in [-0.2, -0.15) is 0 Å². The van der Waals surface area contributed by atoms with Crippen LogP contribution in [-0.4, -0.2) is 55.6 Å². The SMILES string of the molecule is COC1CN(c2ncc(Br)cc2C(=O)O)CC1OC. The lowest BCUT2D eigenvalue weighted by Gasteiger charge is -2.18. The van der Waals surface area contributed by atoms with Crippen molar-refractivity contribution < 1.29 is 19.4 Å². The molecule has 0 spiro atoms. The minimum Gasteiger partial charge on any atom is -0.478 e. The van der Waals surface area contributed by atoms with Crippen molar-refractivity contribution in [2.75, 3.05) is 32.2 Å². The fourth-order valence-corrected chi connectivity index (χ4v) is 2.54. The van der Waals surface area contributed by atoms with Crippen molar-refractivity contribution in [3.63, 3.8) is 0 Å². The third-order valence-corrected chi connectivity index (χ3v) is 3.62. The van der Waals surface area contributed by atoms with E-state index >= 15 is 0 Å². The van der Waals surface area contributed by atoms with Gasteiger partial charge in [-0.15, -0.1) is 0 Å². The predicted molar refractivity (Wildman–Crippen MR) is 72.7 cm³/mol. The summed E-state index contributed by atoms with van der Waals surface area (Å²) in [6.45, 7) is 1.12. The van der Waals surface area contributed by atoms with Crippen molar-refractivity contribution in [1.29, 1.82) is 0 Å². The molecule has 1 fully saturated rings. The van der Waals surface area contributed by atoms with Crippen molar-refractivity contribution >= 4 is 27.7 Å². The number of hydrogen-bond acceptors (Lipinski definition) is 5. The minimum atomic E-state index is -1.00. The number of aromatic nitrogens is 1. The molecule has 1 aliphatic rings. The Kier molecular flexibility index (Phi) is 4.38. The lowest BCUT2D eigenvalue weighted by Crippen LogP contribution is -2.27. The molecule has 0 saturated carbocycles. The quantitative estimate of drug-likeness (QED) is 0.899. The summed E-state index contributed by atoms with van der Waals surface area (Å²) < 4.78 is 11.3. The fourth-order valence-electron chi connectivity index (χ4n) is 2.21. The molecular formula is C12H15BrN2O4. The molecule has 6 nitrogen and oxygen atoms in total. The minimum absolute atomic E-state index is 0.0860. The Morgan fingerprint density at radius 2 is 2.00 bits per heavy atom. The number of hydrogen-bond donors (Lipinski definition) is 1. The van der Waals surface area contributed by atoms with Crippen molar-refractivity contribution in [2.45, 2.75) is 12.2 Å². The predicted octanol–water partition coefficient (Wildman–Crippen LogP) is 1.39. The van der Waals surface area contributed by atoms with E-state index in [-0.39, 0.29) is 17.8 Å². The van der Waals surface area contributed by atoms with E-state index in [1.807, 2.05) is 4.90 Å². The van der Waals surface area contributed by atoms with Gasteiger partial charge in [-0.05, 0) is 22.0 Å². The maximum Gasteiger partial charge on any atom is 0.339 e. The Bertz CT molecular complexity index is 471. The monoisotopic (exact) mass is 330 g/mol. The van der Waals surface area contributed by atoms with E-state index < -0.39 is 5.97 Å². The number of aromatic carboxylic acids is 1. The van der Waals surface area contributed by atoms with Gasteiger partial charge >= 0.3 is 5.97 Å². The number of rotatable bonds is 4. The van der Waals surface area contributed by atoms with E-state index in [1.54, 1.807) is 26.5 Å². The summed E-state index contributed by atoms with van der Waals surface area (Å²) in [6, 6.07) is 1.55. The number of halogens is 1. The molecule has 2 rings (SSSR count). The molecule has 0 radical (unpaired) electrons. The van der Waals surface area contributed by atoms with Gasteiger partial charge in [0.15, 0.2) is 0 Å². The first-order valence-electron chi connectivity index (χ1n) is 5.76. The van der Waals surface area contributed by atoms with Crippen molar-refractivity contribution in [2.24, 2.45) is 0 Å². The number of methoxy groups -OCH3 is 2. The number of anilines is 1. The second kappa shape index (κ2) is 5.85. The highest BCUT2D eigenvalue weighted by Crippen LogP contribution is 2.26. The highest BCUT2D eigenvalue weighted by atomic mass is 79.9. The van der Waals surface area contributed by atoms with Gasteiger partial charge in [0, 0.05) is 38.0 Å². The van der Waals surface area contributed by atoms with Crippen molar-refractivity contribution in [3.05, 3.63) is 22.3 Å². The van der Waals surface area contributed by atoms with Crippen LogP contribution in [0.3, 0.4) is 0 Å². The van der Waals surface area contributed by atoms with Crippen LogP contribution in [0.5, 0.6) is 0 Å². The lowest BCUT2D eigenvalue weighted by atomic mass is 10.2. The van der Waals surface area contributed by atoms with Gasteiger partial charge in [0.2, 0.25) is 0 Å². The molecule has 1 aromatic rings. The van der Waals surface area contributed by atoms with E-state index in [1.165, 1.54) is 0 Å². The third-order valence-electron chi connectivity index (χ3n) is 3.18. The molecule has 1 aromatic heterocycles. The summed E-state index contributed by atoms with van der Waals surface area (Å²) in [5.41, 5.74) is 0.168. The van der Waals surface area contributed by atoms with E-state index in [2.05, 4.69) is 20.9 Å². The maximum absolute atomic E-state index is 11.3. The molecule has 2 heterocycles. The van der Waals surface area contributed by atoms with Gasteiger partial charge in [-0.3, -0.25) is 0 Å². The zero-order valence-electron chi connectivity index (χ0n) is 10.7. The average molecular weight is 331 g/mol. The van der Waals surface area contributed by atoms with Crippen LogP contribution in [0.25, 0.3) is 0 Å². The number of pyridine rings is 1. The Balaban J connectivity index is 2.30. The second-order valence-electron chi connectivity index (χ2n) is 4.28. The smallest absolute Gasteiger partial charge is 0.339 e. The first kappa shape index (κ1) is 14.2. The molecule has 104 valence electrons. The molecular weight excluding hydrogens is 316 g/mol. The van der Waals surface area contributed by atoms with Crippen LogP contribution in [0.4, 0.5) is 5.82 Å². The first-order valence-corrected chi connectivity index (χ1v) is 6.55. The molecule has 0 aromatic carbocycles. The number of carboxylic acids is 1. The summed E-state index contributed by atoms with van der Waals surface area (Å²) in [7, 11) is 3.24. The topological polar surface area (TPSA) is 71.9 Å². The van der Waals surface area contributed by atoms with Crippen molar-refractivity contribution in [1.82, 2.24) is 4.98 Å². The van der Waals surface area contributed by atoms with Gasteiger partial charge in [-0.1, -0.05) is 0 Å². The molecule has 1 N–H and O–H groups in total. The zero-order valence-corrected chi connectivity index (χ0v) is 12.3. The summed E-state index contributed by atoms with van der Waals surface area (Å²) in [5.74, 6) is -0.559. The Labute approximate surface area is 119 Å². The second-order valence-corrected chi connectivity index (χ2v) is 5.20. The molecule has 1 saturated heterocycles. The highest BCUT2D eigenvalue weighted by Gasteiger charge is 2.35. The number of carboxylic acid groups (broad SMARTS) is 1. The molecule has 2 unspecified atom stereocenters. The van der Waals surface area contributed by atoms with Gasteiger partial charge in [-0.25, -0.2) is 9.78 Å². The molecule has 2 atom stereocenters. The van der Waals surface area contributed by atoms with Crippen LogP contribution in [0.2, 0.25) is 0 Å². The van der Waals surface area contributed by atoms with Gasteiger partial charge in [0.1, 0.15) is 23.6 Å².